The summed E-state index contributed by atoms with van der Waals surface area (Å²) in [5.41, 5.74) is 5.65. The Morgan fingerprint density at radius 2 is 1.27 bits per heavy atom. The van der Waals surface area contributed by atoms with E-state index in [1.54, 1.807) is 24.3 Å². The molecule has 0 aliphatic heterocycles. The Hall–Kier alpha value is -6.02. The predicted octanol–water partition coefficient (Wildman–Crippen LogP) is 7.71. The van der Waals surface area contributed by atoms with Gasteiger partial charge in [0.25, 0.3) is 0 Å². The van der Waals surface area contributed by atoms with Crippen LogP contribution in [0.25, 0.3) is 22.9 Å². The van der Waals surface area contributed by atoms with Crippen LogP contribution in [0.15, 0.2) is 98.6 Å². The first-order valence-corrected chi connectivity index (χ1v) is 14.0. The fraction of sp³-hybridized carbons (Fsp3) is 0.100. The molecule has 0 fully saturated rings. The van der Waals surface area contributed by atoms with Gasteiger partial charge in [0.05, 0.1) is 6.61 Å². The molecule has 4 rings (SSSR count). The highest BCUT2D eigenvalue weighted by atomic mass is 16.5. The lowest BCUT2D eigenvalue weighted by Gasteiger charge is -2.10. The molecule has 0 N–H and O–H groups in total. The quantitative estimate of drug-likeness (QED) is 0.0746. The van der Waals surface area contributed by atoms with Crippen molar-refractivity contribution in [3.63, 3.8) is 0 Å². The Balaban J connectivity index is 1.52. The van der Waals surface area contributed by atoms with Crippen LogP contribution in [-0.4, -0.2) is 18.5 Å². The van der Waals surface area contributed by atoms with Gasteiger partial charge >= 0.3 is 11.9 Å². The minimum Gasteiger partial charge on any atom is -0.466 e. The molecule has 44 heavy (non-hydrogen) atoms. The van der Waals surface area contributed by atoms with E-state index < -0.39 is 5.97 Å². The lowest BCUT2D eigenvalue weighted by Crippen LogP contribution is -2.05. The number of rotatable bonds is 7. The summed E-state index contributed by atoms with van der Waals surface area (Å²) in [6.45, 7) is 13.0. The minimum absolute atomic E-state index is 0.274. The van der Waals surface area contributed by atoms with Crippen molar-refractivity contribution in [1.29, 1.82) is 0 Å². The Labute approximate surface area is 258 Å². The van der Waals surface area contributed by atoms with Gasteiger partial charge in [0, 0.05) is 58.4 Å². The smallest absolute Gasteiger partial charge is 0.335 e. The molecule has 0 aromatic heterocycles. The molecular weight excluding hydrogens is 544 g/mol. The Morgan fingerprint density at radius 1 is 0.705 bits per heavy atom. The molecule has 0 heterocycles. The van der Waals surface area contributed by atoms with Gasteiger partial charge in [-0.1, -0.05) is 91.7 Å². The highest BCUT2D eigenvalue weighted by Gasteiger charge is 2.11. The number of carbonyl (C=O) groups excluding carboxylic acids is 2. The van der Waals surface area contributed by atoms with Crippen molar-refractivity contribution in [2.45, 2.75) is 19.8 Å². The third-order valence-electron chi connectivity index (χ3n) is 6.50. The summed E-state index contributed by atoms with van der Waals surface area (Å²) in [5.74, 6) is 18.9. The van der Waals surface area contributed by atoms with Gasteiger partial charge in [0.2, 0.25) is 0 Å². The van der Waals surface area contributed by atoms with Crippen LogP contribution in [-0.2, 0) is 14.3 Å². The monoisotopic (exact) mass is 574 g/mol. The van der Waals surface area contributed by atoms with Gasteiger partial charge in [-0.05, 0) is 65.7 Å². The van der Waals surface area contributed by atoms with E-state index in [0.29, 0.717) is 30.8 Å². The number of hydrogen-bond acceptors (Lipinski definition) is 4. The number of hydrogen-bond donors (Lipinski definition) is 0. The molecule has 0 radical (unpaired) electrons. The molecule has 0 aliphatic carbocycles. The van der Waals surface area contributed by atoms with Crippen molar-refractivity contribution in [2.75, 3.05) is 6.61 Å². The van der Waals surface area contributed by atoms with Gasteiger partial charge in [0.1, 0.15) is 5.75 Å². The molecular formula is C40H30O4. The highest BCUT2D eigenvalue weighted by Crippen LogP contribution is 2.28. The van der Waals surface area contributed by atoms with Crippen LogP contribution in [0, 0.1) is 35.5 Å². The fourth-order valence-electron chi connectivity index (χ4n) is 4.36. The van der Waals surface area contributed by atoms with Gasteiger partial charge in [-0.15, -0.1) is 0 Å². The van der Waals surface area contributed by atoms with Gasteiger partial charge in [-0.2, -0.15) is 0 Å². The zero-order chi connectivity index (χ0) is 31.3. The van der Waals surface area contributed by atoms with Gasteiger partial charge < -0.3 is 9.47 Å². The average Bonchev–Trinajstić information content (AvgIpc) is 3.05. The maximum absolute atomic E-state index is 11.7. The first kappa shape index (κ1) is 30.9. The van der Waals surface area contributed by atoms with Crippen LogP contribution < -0.4 is 4.74 Å². The molecule has 0 saturated heterocycles. The van der Waals surface area contributed by atoms with Crippen LogP contribution in [0.1, 0.15) is 58.7 Å². The van der Waals surface area contributed by atoms with E-state index in [9.17, 15) is 9.59 Å². The Kier molecular flexibility index (Phi) is 10.7. The molecule has 0 atom stereocenters. The third kappa shape index (κ3) is 8.04. The van der Waals surface area contributed by atoms with Gasteiger partial charge in [0.15, 0.2) is 0 Å². The Bertz CT molecular complexity index is 1940. The topological polar surface area (TPSA) is 52.6 Å². The van der Waals surface area contributed by atoms with Crippen LogP contribution in [0.2, 0.25) is 0 Å². The van der Waals surface area contributed by atoms with Crippen LogP contribution in [0.4, 0.5) is 0 Å². The SMILES string of the molecule is C=CC(=O)Oc1ccc(C#Cc2ccc(C#Cc3ccc(C#CCCCOC(C)=O)c4ccccc34)cc2)c(C=C)c1C=C. The number of unbranched alkanes of at least 4 members (excludes halogenated alkanes) is 1. The fourth-order valence-corrected chi connectivity index (χ4v) is 4.36. The van der Waals surface area contributed by atoms with Crippen molar-refractivity contribution in [2.24, 2.45) is 0 Å². The van der Waals surface area contributed by atoms with Crippen molar-refractivity contribution in [3.05, 3.63) is 138 Å². The van der Waals surface area contributed by atoms with Crippen molar-refractivity contribution < 1.29 is 19.1 Å². The predicted molar refractivity (Wildman–Crippen MR) is 178 cm³/mol. The average molecular weight is 575 g/mol. The second kappa shape index (κ2) is 15.3. The summed E-state index contributed by atoms with van der Waals surface area (Å²) in [7, 11) is 0. The van der Waals surface area contributed by atoms with E-state index in [0.717, 1.165) is 50.2 Å². The van der Waals surface area contributed by atoms with E-state index in [4.69, 9.17) is 9.47 Å². The number of fused-ring (bicyclic) bond motifs is 1. The zero-order valence-corrected chi connectivity index (χ0v) is 24.5. The van der Waals surface area contributed by atoms with Crippen molar-refractivity contribution >= 4 is 34.9 Å². The first-order chi connectivity index (χ1) is 21.4. The summed E-state index contributed by atoms with van der Waals surface area (Å²) >= 11 is 0. The standard InChI is InChI=1S/C40H30O4/c1-5-35-33(26-27-39(36(35)6-2)44-40(42)7-3)22-20-30-16-18-31(19-17-30)21-23-34-25-24-32(37-14-10-11-15-38(34)37)13-9-8-12-28-43-29(4)41/h5-7,10-11,14-19,24-27H,1-3,8,12,28H2,4H3. The van der Waals surface area contributed by atoms with Crippen LogP contribution in [0.5, 0.6) is 5.75 Å². The maximum Gasteiger partial charge on any atom is 0.335 e. The van der Waals surface area contributed by atoms with Crippen LogP contribution in [0.3, 0.4) is 0 Å². The number of esters is 2. The normalized spacial score (nSPS) is 9.66. The Morgan fingerprint density at radius 3 is 1.84 bits per heavy atom. The molecule has 0 aliphatic rings. The molecule has 0 unspecified atom stereocenters. The van der Waals surface area contributed by atoms with Crippen molar-refractivity contribution in [3.8, 4) is 41.3 Å². The summed E-state index contributed by atoms with van der Waals surface area (Å²) in [4.78, 5) is 22.6. The van der Waals surface area contributed by atoms with E-state index in [1.165, 1.54) is 6.92 Å². The lowest BCUT2D eigenvalue weighted by molar-refractivity contribution is -0.141. The molecule has 0 saturated carbocycles. The zero-order valence-electron chi connectivity index (χ0n) is 24.5. The summed E-state index contributed by atoms with van der Waals surface area (Å²) in [6, 6.07) is 23.3. The largest absolute Gasteiger partial charge is 0.466 e. The number of benzene rings is 4. The van der Waals surface area contributed by atoms with E-state index >= 15 is 0 Å². The summed E-state index contributed by atoms with van der Waals surface area (Å²) < 4.78 is 10.3. The van der Waals surface area contributed by atoms with E-state index in [1.807, 2.05) is 54.6 Å². The van der Waals surface area contributed by atoms with E-state index in [-0.39, 0.29) is 5.97 Å². The third-order valence-corrected chi connectivity index (χ3v) is 6.50. The molecule has 214 valence electrons. The maximum atomic E-state index is 11.7. The molecule has 0 amide bonds. The number of ether oxygens (including phenoxy) is 2. The molecule has 0 spiro atoms. The lowest BCUT2D eigenvalue weighted by atomic mass is 9.99. The molecule has 4 heteroatoms. The van der Waals surface area contributed by atoms with Crippen molar-refractivity contribution in [1.82, 2.24) is 0 Å². The number of carbonyl (C=O) groups is 2. The van der Waals surface area contributed by atoms with Crippen LogP contribution >= 0.6 is 0 Å². The van der Waals surface area contributed by atoms with Gasteiger partial charge in [-0.25, -0.2) is 4.79 Å². The van der Waals surface area contributed by atoms with E-state index in [2.05, 4.69) is 61.3 Å². The highest BCUT2D eigenvalue weighted by molar-refractivity contribution is 5.93. The summed E-state index contributed by atoms with van der Waals surface area (Å²) in [5, 5.41) is 2.08. The minimum atomic E-state index is -0.550. The summed E-state index contributed by atoms with van der Waals surface area (Å²) in [6.07, 6.45) is 5.74. The van der Waals surface area contributed by atoms with Gasteiger partial charge in [-0.3, -0.25) is 4.79 Å². The molecule has 4 nitrogen and oxygen atoms in total. The molecule has 4 aromatic carbocycles. The molecule has 4 aromatic rings. The second-order valence-electron chi connectivity index (χ2n) is 9.50. The molecule has 0 bridgehead atoms. The second-order valence-corrected chi connectivity index (χ2v) is 9.50. The first-order valence-electron chi connectivity index (χ1n) is 14.0.